The molecule has 0 radical (unpaired) electrons. The minimum absolute atomic E-state index is 0.696. The van der Waals surface area contributed by atoms with Crippen molar-refractivity contribution in [1.29, 1.82) is 0 Å². The van der Waals surface area contributed by atoms with E-state index in [1.807, 2.05) is 0 Å². The number of rotatable bonds is 5. The zero-order valence-electron chi connectivity index (χ0n) is 14.6. The van der Waals surface area contributed by atoms with Gasteiger partial charge in [0.1, 0.15) is 0 Å². The molecule has 0 saturated carbocycles. The molecule has 0 fully saturated rings. The van der Waals surface area contributed by atoms with Crippen LogP contribution in [-0.2, 0) is 6.54 Å². The standard InChI is InChI=1S/C22H26BrN/c1-17(2)14-20-16-24(15-18-6-4-3-5-7-18)13-12-22(20)19-8-10-21(23)11-9-19/h3-11,17H,12-16H2,1-2H3. The van der Waals surface area contributed by atoms with Crippen LogP contribution in [0.1, 0.15) is 37.8 Å². The highest BCUT2D eigenvalue weighted by atomic mass is 79.9. The smallest absolute Gasteiger partial charge is 0.0237 e. The maximum atomic E-state index is 3.55. The van der Waals surface area contributed by atoms with Gasteiger partial charge in [0.2, 0.25) is 0 Å². The van der Waals surface area contributed by atoms with Crippen LogP contribution in [0.2, 0.25) is 0 Å². The van der Waals surface area contributed by atoms with Crippen LogP contribution in [0.25, 0.3) is 5.57 Å². The first-order valence-electron chi connectivity index (χ1n) is 8.85. The lowest BCUT2D eigenvalue weighted by Crippen LogP contribution is -2.31. The summed E-state index contributed by atoms with van der Waals surface area (Å²) in [5, 5.41) is 0. The van der Waals surface area contributed by atoms with E-state index in [4.69, 9.17) is 0 Å². The largest absolute Gasteiger partial charge is 0.295 e. The lowest BCUT2D eigenvalue weighted by Gasteiger charge is -2.32. The van der Waals surface area contributed by atoms with Gasteiger partial charge in [-0.2, -0.15) is 0 Å². The number of nitrogens with zero attached hydrogens (tertiary/aromatic N) is 1. The van der Waals surface area contributed by atoms with Crippen LogP contribution < -0.4 is 0 Å². The zero-order valence-corrected chi connectivity index (χ0v) is 16.2. The highest BCUT2D eigenvalue weighted by molar-refractivity contribution is 9.10. The highest BCUT2D eigenvalue weighted by Gasteiger charge is 2.20. The summed E-state index contributed by atoms with van der Waals surface area (Å²) in [6.45, 7) is 7.93. The second-order valence-corrected chi connectivity index (χ2v) is 8.05. The van der Waals surface area contributed by atoms with E-state index in [2.05, 4.69) is 89.3 Å². The monoisotopic (exact) mass is 383 g/mol. The van der Waals surface area contributed by atoms with E-state index in [9.17, 15) is 0 Å². The molecule has 126 valence electrons. The SMILES string of the molecule is CC(C)CC1=C(c2ccc(Br)cc2)CCN(Cc2ccccc2)C1. The van der Waals surface area contributed by atoms with Crippen LogP contribution in [0.4, 0.5) is 0 Å². The first-order valence-corrected chi connectivity index (χ1v) is 9.64. The summed E-state index contributed by atoms with van der Waals surface area (Å²) in [6, 6.07) is 19.7. The minimum atomic E-state index is 0.696. The number of hydrogen-bond acceptors (Lipinski definition) is 1. The third-order valence-electron chi connectivity index (χ3n) is 4.62. The fourth-order valence-electron chi connectivity index (χ4n) is 3.55. The van der Waals surface area contributed by atoms with Crippen LogP contribution in [-0.4, -0.2) is 18.0 Å². The first kappa shape index (κ1) is 17.4. The molecule has 1 aliphatic rings. The Hall–Kier alpha value is -1.38. The second kappa shape index (κ2) is 8.13. The molecule has 1 aliphatic heterocycles. The summed E-state index contributed by atoms with van der Waals surface area (Å²) >= 11 is 3.55. The molecule has 1 heterocycles. The molecule has 2 aromatic carbocycles. The predicted octanol–water partition coefficient (Wildman–Crippen LogP) is 6.15. The van der Waals surface area contributed by atoms with Gasteiger partial charge < -0.3 is 0 Å². The van der Waals surface area contributed by atoms with Gasteiger partial charge >= 0.3 is 0 Å². The van der Waals surface area contributed by atoms with E-state index < -0.39 is 0 Å². The summed E-state index contributed by atoms with van der Waals surface area (Å²) in [5.74, 6) is 0.696. The third kappa shape index (κ3) is 4.58. The maximum absolute atomic E-state index is 3.55. The Bertz CT molecular complexity index is 686. The zero-order chi connectivity index (χ0) is 16.9. The number of benzene rings is 2. The Morgan fingerprint density at radius 1 is 1.00 bits per heavy atom. The van der Waals surface area contributed by atoms with Crippen LogP contribution >= 0.6 is 15.9 Å². The summed E-state index contributed by atoms with van der Waals surface area (Å²) in [4.78, 5) is 2.59. The van der Waals surface area contributed by atoms with E-state index in [0.29, 0.717) is 5.92 Å². The summed E-state index contributed by atoms with van der Waals surface area (Å²) < 4.78 is 1.15. The van der Waals surface area contributed by atoms with Crippen molar-refractivity contribution in [3.05, 3.63) is 75.8 Å². The minimum Gasteiger partial charge on any atom is -0.295 e. The fraction of sp³-hybridized carbons (Fsp3) is 0.364. The van der Waals surface area contributed by atoms with Crippen LogP contribution in [0.5, 0.6) is 0 Å². The van der Waals surface area contributed by atoms with Gasteiger partial charge in [-0.3, -0.25) is 4.90 Å². The Morgan fingerprint density at radius 2 is 1.71 bits per heavy atom. The average Bonchev–Trinajstić information content (AvgIpc) is 2.57. The van der Waals surface area contributed by atoms with Gasteiger partial charge in [-0.05, 0) is 47.6 Å². The van der Waals surface area contributed by atoms with Crippen molar-refractivity contribution in [2.45, 2.75) is 33.2 Å². The fourth-order valence-corrected chi connectivity index (χ4v) is 3.81. The molecule has 0 saturated heterocycles. The van der Waals surface area contributed by atoms with Crippen molar-refractivity contribution in [2.75, 3.05) is 13.1 Å². The third-order valence-corrected chi connectivity index (χ3v) is 5.14. The summed E-state index contributed by atoms with van der Waals surface area (Å²) in [6.07, 6.45) is 2.34. The summed E-state index contributed by atoms with van der Waals surface area (Å²) in [7, 11) is 0. The molecular weight excluding hydrogens is 358 g/mol. The second-order valence-electron chi connectivity index (χ2n) is 7.13. The molecule has 0 N–H and O–H groups in total. The van der Waals surface area contributed by atoms with Crippen molar-refractivity contribution < 1.29 is 0 Å². The van der Waals surface area contributed by atoms with E-state index in [1.54, 1.807) is 11.1 Å². The van der Waals surface area contributed by atoms with Crippen molar-refractivity contribution in [3.8, 4) is 0 Å². The molecule has 0 atom stereocenters. The van der Waals surface area contributed by atoms with Crippen molar-refractivity contribution in [1.82, 2.24) is 4.90 Å². The van der Waals surface area contributed by atoms with Gasteiger partial charge in [0, 0.05) is 24.1 Å². The average molecular weight is 384 g/mol. The first-order chi connectivity index (χ1) is 11.6. The molecule has 24 heavy (non-hydrogen) atoms. The van der Waals surface area contributed by atoms with E-state index in [0.717, 1.165) is 30.5 Å². The van der Waals surface area contributed by atoms with Crippen molar-refractivity contribution >= 4 is 21.5 Å². The van der Waals surface area contributed by atoms with Crippen molar-refractivity contribution in [2.24, 2.45) is 5.92 Å². The van der Waals surface area contributed by atoms with Crippen LogP contribution in [0, 0.1) is 5.92 Å². The Labute approximate surface area is 154 Å². The van der Waals surface area contributed by atoms with E-state index >= 15 is 0 Å². The molecule has 3 rings (SSSR count). The molecule has 0 aromatic heterocycles. The topological polar surface area (TPSA) is 3.24 Å². The lowest BCUT2D eigenvalue weighted by molar-refractivity contribution is 0.280. The van der Waals surface area contributed by atoms with Crippen molar-refractivity contribution in [3.63, 3.8) is 0 Å². The molecule has 2 heteroatoms. The molecule has 0 amide bonds. The molecule has 0 aliphatic carbocycles. The molecule has 0 bridgehead atoms. The predicted molar refractivity (Wildman–Crippen MR) is 107 cm³/mol. The number of halogens is 1. The number of hydrogen-bond donors (Lipinski definition) is 0. The van der Waals surface area contributed by atoms with Gasteiger partial charge in [-0.1, -0.05) is 77.8 Å². The van der Waals surface area contributed by atoms with Gasteiger partial charge in [-0.25, -0.2) is 0 Å². The normalized spacial score (nSPS) is 16.0. The molecule has 2 aromatic rings. The molecular formula is C22H26BrN. The van der Waals surface area contributed by atoms with Gasteiger partial charge in [0.15, 0.2) is 0 Å². The maximum Gasteiger partial charge on any atom is 0.0237 e. The van der Waals surface area contributed by atoms with Gasteiger partial charge in [-0.15, -0.1) is 0 Å². The summed E-state index contributed by atoms with van der Waals surface area (Å²) in [5.41, 5.74) is 6.00. The van der Waals surface area contributed by atoms with Gasteiger partial charge in [0.05, 0.1) is 0 Å². The van der Waals surface area contributed by atoms with E-state index in [-0.39, 0.29) is 0 Å². The quantitative estimate of drug-likeness (QED) is 0.597. The van der Waals surface area contributed by atoms with Crippen LogP contribution in [0.15, 0.2) is 64.6 Å². The Morgan fingerprint density at radius 3 is 2.38 bits per heavy atom. The van der Waals surface area contributed by atoms with Gasteiger partial charge in [0.25, 0.3) is 0 Å². The lowest BCUT2D eigenvalue weighted by atomic mass is 9.88. The Balaban J connectivity index is 1.81. The molecule has 1 nitrogen and oxygen atoms in total. The van der Waals surface area contributed by atoms with Crippen LogP contribution in [0.3, 0.4) is 0 Å². The molecule has 0 unspecified atom stereocenters. The van der Waals surface area contributed by atoms with E-state index in [1.165, 1.54) is 17.5 Å². The Kier molecular flexibility index (Phi) is 5.91. The highest BCUT2D eigenvalue weighted by Crippen LogP contribution is 2.32. The molecule has 0 spiro atoms.